The van der Waals surface area contributed by atoms with E-state index < -0.39 is 96.5 Å². The molecule has 3 fully saturated rings. The molecule has 66 heavy (non-hydrogen) atoms. The van der Waals surface area contributed by atoms with Crippen LogP contribution in [0.3, 0.4) is 0 Å². The van der Waals surface area contributed by atoms with E-state index in [4.69, 9.17) is 40.0 Å². The summed E-state index contributed by atoms with van der Waals surface area (Å²) in [6, 6.07) is 4.35. The first-order chi connectivity index (χ1) is 31.1. The number of halogens is 1. The number of hydrogen-bond donors (Lipinski definition) is 4. The lowest BCUT2D eigenvalue weighted by molar-refractivity contribution is -0.241. The molecule has 3 heterocycles. The number of nitrogens with zero attached hydrogens (tertiary/aromatic N) is 2. The Morgan fingerprint density at radius 2 is 1.74 bits per heavy atom. The van der Waals surface area contributed by atoms with Crippen molar-refractivity contribution in [2.45, 2.75) is 110 Å². The monoisotopic (exact) mass is 946 g/mol. The Balaban J connectivity index is 1.29. The summed E-state index contributed by atoms with van der Waals surface area (Å²) in [4.78, 5) is 104. The van der Waals surface area contributed by atoms with Gasteiger partial charge in [-0.3, -0.25) is 39.0 Å². The molecule has 4 rings (SSSR count). The van der Waals surface area contributed by atoms with Crippen molar-refractivity contribution in [2.24, 2.45) is 17.8 Å². The summed E-state index contributed by atoms with van der Waals surface area (Å²) in [5.41, 5.74) is 0.766. The molecule has 364 valence electrons. The molecule has 3 saturated heterocycles. The Hall–Kier alpha value is -5.73. The van der Waals surface area contributed by atoms with Gasteiger partial charge in [0.25, 0.3) is 5.91 Å². The van der Waals surface area contributed by atoms with Crippen LogP contribution in [0.25, 0.3) is 0 Å². The third-order valence-corrected chi connectivity index (χ3v) is 12.4. The first-order valence-corrected chi connectivity index (χ1v) is 22.0. The largest absolute Gasteiger partial charge is 0.495 e. The van der Waals surface area contributed by atoms with Crippen molar-refractivity contribution in [2.75, 3.05) is 47.9 Å². The van der Waals surface area contributed by atoms with Crippen LogP contribution in [-0.4, -0.2) is 141 Å². The van der Waals surface area contributed by atoms with Gasteiger partial charge in [-0.1, -0.05) is 50.1 Å². The Labute approximate surface area is 389 Å². The first-order valence-electron chi connectivity index (χ1n) is 21.7. The van der Waals surface area contributed by atoms with Crippen LogP contribution in [0.15, 0.2) is 42.2 Å². The summed E-state index contributed by atoms with van der Waals surface area (Å²) in [6.07, 6.45) is 1.72. The molecule has 4 N–H and O–H groups in total. The Morgan fingerprint density at radius 1 is 1.05 bits per heavy atom. The summed E-state index contributed by atoms with van der Waals surface area (Å²) >= 11 is 6.15. The maximum absolute atomic E-state index is 13.5. The van der Waals surface area contributed by atoms with Crippen LogP contribution in [-0.2, 0) is 63.7 Å². The van der Waals surface area contributed by atoms with Gasteiger partial charge in [0.2, 0.25) is 35.4 Å². The molecule has 3 aliphatic rings. The number of amides is 7. The zero-order valence-electron chi connectivity index (χ0n) is 39.2. The standard InChI is InChI=1S/C45H63ClN6O14/c1-25(2)30-20-38(56)52(41(30)58)16-15-35(53)48-23-37(55)49-24-39(57)51(8)28(5)42(59)65-34(21-36(54)47-7)44(6)40(66-44)27(4)33-22-45(62-10,50-43(60)64-33)63-17-11-12-26(3)18-29-13-14-31(46)32(19-29)61-9/h11-14,17,19,25,27-28,30,33-34,40H,15-16,18,20-24H2,1-10H3,(H,47,54)(H,48,53)(H,49,55)(H,50,60)/b17-11+,26-12+. The molecule has 8 atom stereocenters. The molecular formula is C45H63ClN6O14. The summed E-state index contributed by atoms with van der Waals surface area (Å²) in [6.45, 7) is 9.38. The molecule has 0 bridgehead atoms. The molecule has 1 aromatic carbocycles. The topological polar surface area (TPSA) is 250 Å². The van der Waals surface area contributed by atoms with Gasteiger partial charge in [-0.2, -0.15) is 0 Å². The zero-order valence-corrected chi connectivity index (χ0v) is 39.9. The third-order valence-electron chi connectivity index (χ3n) is 12.1. The van der Waals surface area contributed by atoms with Gasteiger partial charge < -0.3 is 49.3 Å². The van der Waals surface area contributed by atoms with Crippen LogP contribution in [0.4, 0.5) is 4.79 Å². The highest BCUT2D eigenvalue weighted by Crippen LogP contribution is 2.49. The predicted octanol–water partition coefficient (Wildman–Crippen LogP) is 2.51. The minimum absolute atomic E-state index is 0.0168. The van der Waals surface area contributed by atoms with E-state index in [9.17, 15) is 38.4 Å². The first kappa shape index (κ1) is 52.9. The molecule has 3 aliphatic heterocycles. The van der Waals surface area contributed by atoms with Gasteiger partial charge in [-0.25, -0.2) is 9.59 Å². The van der Waals surface area contributed by atoms with Crippen LogP contribution in [0.1, 0.15) is 72.8 Å². The number of carbonyl (C=O) groups is 8. The second kappa shape index (κ2) is 23.1. The van der Waals surface area contributed by atoms with Crippen molar-refractivity contribution in [1.29, 1.82) is 0 Å². The van der Waals surface area contributed by atoms with E-state index in [-0.39, 0.29) is 50.0 Å². The summed E-state index contributed by atoms with van der Waals surface area (Å²) < 4.78 is 34.6. The minimum Gasteiger partial charge on any atom is -0.495 e. The fraction of sp³-hybridized carbons (Fsp3) is 0.600. The fourth-order valence-corrected chi connectivity index (χ4v) is 7.85. The summed E-state index contributed by atoms with van der Waals surface area (Å²) in [5, 5.41) is 10.4. The SMILES string of the molecule is CNC(=O)CC(OC(=O)C(C)N(C)C(=O)CNC(=O)CNC(=O)CCN1C(=O)CC(C(C)C)C1=O)C1(C)OC1C(C)C1CC(OC)(O/C=C/C=C(\C)Cc2ccc(Cl)c(OC)c2)NC(=O)O1. The van der Waals surface area contributed by atoms with E-state index in [0.717, 1.165) is 20.9 Å². The normalized spacial score (nSPS) is 24.2. The average molecular weight is 947 g/mol. The highest BCUT2D eigenvalue weighted by molar-refractivity contribution is 6.32. The smallest absolute Gasteiger partial charge is 0.412 e. The van der Waals surface area contributed by atoms with Gasteiger partial charge in [-0.15, -0.1) is 0 Å². The number of benzene rings is 1. The molecule has 0 aromatic heterocycles. The fourth-order valence-electron chi connectivity index (χ4n) is 7.66. The number of rotatable bonds is 23. The number of likely N-dealkylation sites (tertiary alicyclic amines) is 1. The van der Waals surface area contributed by atoms with Crippen molar-refractivity contribution in [3.63, 3.8) is 0 Å². The van der Waals surface area contributed by atoms with Crippen LogP contribution >= 0.6 is 11.6 Å². The Bertz CT molecular complexity index is 2060. The van der Waals surface area contributed by atoms with Crippen molar-refractivity contribution < 1.29 is 66.8 Å². The van der Waals surface area contributed by atoms with E-state index in [1.165, 1.54) is 34.4 Å². The molecule has 8 unspecified atom stereocenters. The van der Waals surface area contributed by atoms with Crippen LogP contribution in [0.5, 0.6) is 5.75 Å². The van der Waals surface area contributed by atoms with Crippen molar-refractivity contribution in [1.82, 2.24) is 31.1 Å². The number of carbonyl (C=O) groups excluding carboxylic acids is 8. The number of alkyl carbamates (subject to hydrolysis) is 1. The second-order valence-electron chi connectivity index (χ2n) is 17.1. The number of epoxide rings is 1. The highest BCUT2D eigenvalue weighted by Gasteiger charge is 2.64. The highest BCUT2D eigenvalue weighted by atomic mass is 35.5. The van der Waals surface area contributed by atoms with Crippen molar-refractivity contribution in [3.8, 4) is 5.75 Å². The molecule has 0 spiro atoms. The maximum Gasteiger partial charge on any atom is 0.412 e. The number of hydrogen-bond acceptors (Lipinski definition) is 14. The number of allylic oxidation sites excluding steroid dienone is 3. The van der Waals surface area contributed by atoms with E-state index >= 15 is 0 Å². The predicted molar refractivity (Wildman–Crippen MR) is 237 cm³/mol. The van der Waals surface area contributed by atoms with E-state index in [2.05, 4.69) is 21.3 Å². The minimum atomic E-state index is -1.61. The van der Waals surface area contributed by atoms with E-state index in [1.807, 2.05) is 39.0 Å². The lowest BCUT2D eigenvalue weighted by atomic mass is 9.86. The number of esters is 1. The van der Waals surface area contributed by atoms with Gasteiger partial charge in [-0.05, 0) is 56.9 Å². The maximum atomic E-state index is 13.5. The molecule has 7 amide bonds. The van der Waals surface area contributed by atoms with Crippen LogP contribution in [0, 0.1) is 17.8 Å². The Kier molecular flexibility index (Phi) is 18.5. The number of nitrogens with one attached hydrogen (secondary N) is 4. The third kappa shape index (κ3) is 13.7. The Morgan fingerprint density at radius 3 is 2.38 bits per heavy atom. The van der Waals surface area contributed by atoms with E-state index in [1.54, 1.807) is 33.1 Å². The lowest BCUT2D eigenvalue weighted by Gasteiger charge is -2.40. The second-order valence-corrected chi connectivity index (χ2v) is 17.5. The average Bonchev–Trinajstić information content (AvgIpc) is 3.90. The molecule has 21 heteroatoms. The van der Waals surface area contributed by atoms with Crippen LogP contribution < -0.4 is 26.0 Å². The zero-order chi connectivity index (χ0) is 49.1. The van der Waals surface area contributed by atoms with Crippen LogP contribution in [0.2, 0.25) is 5.02 Å². The van der Waals surface area contributed by atoms with Gasteiger partial charge in [0, 0.05) is 52.4 Å². The van der Waals surface area contributed by atoms with E-state index in [0.29, 0.717) is 17.2 Å². The molecule has 0 aliphatic carbocycles. The number of cyclic esters (lactones) is 1. The molecule has 0 saturated carbocycles. The summed E-state index contributed by atoms with van der Waals surface area (Å²) in [5.74, 6) is -5.91. The summed E-state index contributed by atoms with van der Waals surface area (Å²) in [7, 11) is 5.68. The lowest BCUT2D eigenvalue weighted by Crippen LogP contribution is -2.60. The molecule has 0 radical (unpaired) electrons. The molecular weight excluding hydrogens is 884 g/mol. The number of imide groups is 1. The molecule has 1 aromatic rings. The van der Waals surface area contributed by atoms with Gasteiger partial charge in [0.1, 0.15) is 29.6 Å². The van der Waals surface area contributed by atoms with Gasteiger partial charge >= 0.3 is 12.1 Å². The quantitative estimate of drug-likeness (QED) is 0.0308. The van der Waals surface area contributed by atoms with Crippen molar-refractivity contribution in [3.05, 3.63) is 52.8 Å². The number of likely N-dealkylation sites (N-methyl/N-ethyl adjacent to an activating group) is 1. The van der Waals surface area contributed by atoms with Gasteiger partial charge in [0.05, 0.1) is 50.4 Å². The van der Waals surface area contributed by atoms with Crippen molar-refractivity contribution >= 4 is 59.1 Å². The molecule has 20 nitrogen and oxygen atoms in total. The number of ether oxygens (including phenoxy) is 6. The van der Waals surface area contributed by atoms with Gasteiger partial charge in [0.15, 0.2) is 0 Å². The number of methoxy groups -OCH3 is 2.